The molecule has 0 aromatic heterocycles. The van der Waals surface area contributed by atoms with Gasteiger partial charge in [-0.1, -0.05) is 11.6 Å². The first kappa shape index (κ1) is 12.7. The van der Waals surface area contributed by atoms with Crippen LogP contribution < -0.4 is 10.5 Å². The monoisotopic (exact) mass is 257 g/mol. The first-order chi connectivity index (χ1) is 7.88. The van der Waals surface area contributed by atoms with Gasteiger partial charge in [0.1, 0.15) is 11.6 Å². The fraction of sp³-hybridized carbons (Fsp3) is 0.538. The molecule has 1 aromatic rings. The van der Waals surface area contributed by atoms with Gasteiger partial charge in [-0.25, -0.2) is 4.39 Å². The van der Waals surface area contributed by atoms with Gasteiger partial charge < -0.3 is 10.5 Å². The highest BCUT2D eigenvalue weighted by Crippen LogP contribution is 2.37. The zero-order valence-corrected chi connectivity index (χ0v) is 10.9. The Kier molecular flexibility index (Phi) is 3.32. The molecule has 0 amide bonds. The first-order valence-electron chi connectivity index (χ1n) is 5.79. The van der Waals surface area contributed by atoms with E-state index in [9.17, 15) is 4.39 Å². The molecular weight excluding hydrogens is 241 g/mol. The van der Waals surface area contributed by atoms with E-state index in [4.69, 9.17) is 22.1 Å². The highest BCUT2D eigenvalue weighted by Gasteiger charge is 2.26. The molecule has 0 bridgehead atoms. The van der Waals surface area contributed by atoms with Crippen molar-refractivity contribution in [2.75, 3.05) is 6.61 Å². The van der Waals surface area contributed by atoms with E-state index in [2.05, 4.69) is 0 Å². The molecule has 1 aromatic carbocycles. The van der Waals surface area contributed by atoms with Crippen molar-refractivity contribution >= 4 is 11.6 Å². The lowest BCUT2D eigenvalue weighted by atomic mass is 9.94. The predicted octanol–water partition coefficient (Wildman–Crippen LogP) is 3.46. The third-order valence-corrected chi connectivity index (χ3v) is 3.14. The number of benzene rings is 1. The van der Waals surface area contributed by atoms with Gasteiger partial charge in [0, 0.05) is 11.1 Å². The highest BCUT2D eigenvalue weighted by molar-refractivity contribution is 6.32. The molecule has 0 aliphatic heterocycles. The summed E-state index contributed by atoms with van der Waals surface area (Å²) in [6, 6.07) is 2.66. The summed E-state index contributed by atoms with van der Waals surface area (Å²) in [5.41, 5.74) is 5.95. The lowest BCUT2D eigenvalue weighted by molar-refractivity contribution is 0.290. The van der Waals surface area contributed by atoms with Gasteiger partial charge in [0.2, 0.25) is 0 Å². The van der Waals surface area contributed by atoms with E-state index in [1.165, 1.54) is 25.0 Å². The molecule has 1 saturated carbocycles. The SMILES string of the molecule is CC(C)(N)c1cc(F)cc(Cl)c1OCC1CC1. The summed E-state index contributed by atoms with van der Waals surface area (Å²) in [7, 11) is 0. The number of nitrogens with two attached hydrogens (primary N) is 1. The molecular formula is C13H17ClFNO. The number of hydrogen-bond acceptors (Lipinski definition) is 2. The summed E-state index contributed by atoms with van der Waals surface area (Å²) >= 11 is 6.02. The van der Waals surface area contributed by atoms with E-state index < -0.39 is 5.54 Å². The molecule has 4 heteroatoms. The molecule has 94 valence electrons. The number of rotatable bonds is 4. The van der Waals surface area contributed by atoms with Crippen LogP contribution in [0.3, 0.4) is 0 Å². The molecule has 2 rings (SSSR count). The van der Waals surface area contributed by atoms with Gasteiger partial charge in [-0.3, -0.25) is 0 Å². The van der Waals surface area contributed by atoms with Crippen LogP contribution in [-0.2, 0) is 5.54 Å². The fourth-order valence-electron chi connectivity index (χ4n) is 1.67. The van der Waals surface area contributed by atoms with Crippen molar-refractivity contribution < 1.29 is 9.13 Å². The zero-order chi connectivity index (χ0) is 12.6. The van der Waals surface area contributed by atoms with Gasteiger partial charge in [-0.2, -0.15) is 0 Å². The minimum atomic E-state index is -0.676. The Morgan fingerprint density at radius 3 is 2.65 bits per heavy atom. The third kappa shape index (κ3) is 3.11. The molecule has 1 aliphatic carbocycles. The van der Waals surface area contributed by atoms with E-state index in [1.807, 2.05) is 13.8 Å². The molecule has 0 radical (unpaired) electrons. The number of ether oxygens (including phenoxy) is 1. The van der Waals surface area contributed by atoms with Crippen LogP contribution in [0.4, 0.5) is 4.39 Å². The van der Waals surface area contributed by atoms with Gasteiger partial charge >= 0.3 is 0 Å². The van der Waals surface area contributed by atoms with Crippen LogP contribution in [0.2, 0.25) is 5.02 Å². The Bertz CT molecular complexity index is 424. The largest absolute Gasteiger partial charge is 0.491 e. The van der Waals surface area contributed by atoms with E-state index in [-0.39, 0.29) is 5.82 Å². The van der Waals surface area contributed by atoms with Crippen molar-refractivity contribution in [3.63, 3.8) is 0 Å². The van der Waals surface area contributed by atoms with Crippen LogP contribution in [0.5, 0.6) is 5.75 Å². The normalized spacial score (nSPS) is 16.1. The van der Waals surface area contributed by atoms with E-state index in [0.29, 0.717) is 28.9 Å². The fourth-order valence-corrected chi connectivity index (χ4v) is 1.93. The van der Waals surface area contributed by atoms with Crippen LogP contribution in [0.25, 0.3) is 0 Å². The highest BCUT2D eigenvalue weighted by atomic mass is 35.5. The maximum Gasteiger partial charge on any atom is 0.143 e. The molecule has 2 nitrogen and oxygen atoms in total. The average Bonchev–Trinajstić information content (AvgIpc) is 2.97. The van der Waals surface area contributed by atoms with Crippen LogP contribution in [-0.4, -0.2) is 6.61 Å². The van der Waals surface area contributed by atoms with Crippen molar-refractivity contribution in [1.82, 2.24) is 0 Å². The van der Waals surface area contributed by atoms with Crippen LogP contribution >= 0.6 is 11.6 Å². The summed E-state index contributed by atoms with van der Waals surface area (Å²) in [6.07, 6.45) is 2.39. The predicted molar refractivity (Wildman–Crippen MR) is 66.8 cm³/mol. The summed E-state index contributed by atoms with van der Waals surface area (Å²) in [6.45, 7) is 4.25. The Hall–Kier alpha value is -0.800. The Morgan fingerprint density at radius 1 is 1.47 bits per heavy atom. The quantitative estimate of drug-likeness (QED) is 0.897. The van der Waals surface area contributed by atoms with E-state index >= 15 is 0 Å². The maximum absolute atomic E-state index is 13.4. The van der Waals surface area contributed by atoms with Crippen LogP contribution in [0, 0.1) is 11.7 Å². The Labute approximate surface area is 106 Å². The molecule has 0 atom stereocenters. The molecule has 1 aliphatic rings. The standard InChI is InChI=1S/C13H17ClFNO/c1-13(2,16)10-5-9(15)6-11(14)12(10)17-7-8-3-4-8/h5-6,8H,3-4,7,16H2,1-2H3. The molecule has 17 heavy (non-hydrogen) atoms. The lowest BCUT2D eigenvalue weighted by Gasteiger charge is -2.23. The third-order valence-electron chi connectivity index (χ3n) is 2.86. The Balaban J connectivity index is 2.32. The molecule has 0 spiro atoms. The second-order valence-electron chi connectivity index (χ2n) is 5.24. The number of hydrogen-bond donors (Lipinski definition) is 1. The van der Waals surface area contributed by atoms with Crippen molar-refractivity contribution in [2.24, 2.45) is 11.7 Å². The Morgan fingerprint density at radius 2 is 2.12 bits per heavy atom. The molecule has 0 saturated heterocycles. The van der Waals surface area contributed by atoms with Crippen molar-refractivity contribution in [3.8, 4) is 5.75 Å². The minimum absolute atomic E-state index is 0.291. The molecule has 0 heterocycles. The first-order valence-corrected chi connectivity index (χ1v) is 6.17. The maximum atomic E-state index is 13.4. The summed E-state index contributed by atoms with van der Waals surface area (Å²) < 4.78 is 19.0. The number of halogens is 2. The summed E-state index contributed by atoms with van der Waals surface area (Å²) in [5.74, 6) is 0.750. The zero-order valence-electron chi connectivity index (χ0n) is 10.1. The van der Waals surface area contributed by atoms with Crippen molar-refractivity contribution in [1.29, 1.82) is 0 Å². The van der Waals surface area contributed by atoms with Crippen LogP contribution in [0.15, 0.2) is 12.1 Å². The van der Waals surface area contributed by atoms with Gasteiger partial charge in [0.05, 0.1) is 11.6 Å². The summed E-state index contributed by atoms with van der Waals surface area (Å²) in [4.78, 5) is 0. The van der Waals surface area contributed by atoms with Crippen LogP contribution in [0.1, 0.15) is 32.3 Å². The van der Waals surface area contributed by atoms with Gasteiger partial charge in [0.15, 0.2) is 0 Å². The van der Waals surface area contributed by atoms with Crippen molar-refractivity contribution in [2.45, 2.75) is 32.2 Å². The second-order valence-corrected chi connectivity index (χ2v) is 5.65. The van der Waals surface area contributed by atoms with Gasteiger partial charge in [-0.05, 0) is 44.7 Å². The second kappa shape index (κ2) is 4.46. The topological polar surface area (TPSA) is 35.2 Å². The van der Waals surface area contributed by atoms with Gasteiger partial charge in [0.25, 0.3) is 0 Å². The van der Waals surface area contributed by atoms with E-state index in [0.717, 1.165) is 0 Å². The minimum Gasteiger partial charge on any atom is -0.491 e. The smallest absolute Gasteiger partial charge is 0.143 e. The van der Waals surface area contributed by atoms with Crippen molar-refractivity contribution in [3.05, 3.63) is 28.5 Å². The molecule has 0 unspecified atom stereocenters. The molecule has 2 N–H and O–H groups in total. The van der Waals surface area contributed by atoms with Gasteiger partial charge in [-0.15, -0.1) is 0 Å². The summed E-state index contributed by atoms with van der Waals surface area (Å²) in [5, 5.41) is 0.291. The average molecular weight is 258 g/mol. The molecule has 1 fully saturated rings. The lowest BCUT2D eigenvalue weighted by Crippen LogP contribution is -2.29. The van der Waals surface area contributed by atoms with E-state index in [1.54, 1.807) is 0 Å².